The highest BCUT2D eigenvalue weighted by Crippen LogP contribution is 2.40. The number of piperazine rings is 1. The van der Waals surface area contributed by atoms with Crippen molar-refractivity contribution < 1.29 is 4.79 Å². The number of thiophene rings is 1. The minimum Gasteiger partial charge on any atom is -0.313 e. The average Bonchev–Trinajstić information content (AvgIpc) is 3.00. The van der Waals surface area contributed by atoms with Crippen molar-refractivity contribution in [3.8, 4) is 0 Å². The highest BCUT2D eigenvalue weighted by atomic mass is 35.5. The third-order valence-electron chi connectivity index (χ3n) is 5.93. The zero-order valence-electron chi connectivity index (χ0n) is 16.6. The molecule has 0 spiro atoms. The van der Waals surface area contributed by atoms with Crippen molar-refractivity contribution in [1.29, 1.82) is 0 Å². The van der Waals surface area contributed by atoms with Gasteiger partial charge in [0.15, 0.2) is 0 Å². The van der Waals surface area contributed by atoms with Gasteiger partial charge >= 0.3 is 0 Å². The molecule has 1 amide bonds. The number of halogens is 1. The van der Waals surface area contributed by atoms with Gasteiger partial charge in [-0.25, -0.2) is 0 Å². The monoisotopic (exact) mass is 417 g/mol. The van der Waals surface area contributed by atoms with Crippen LogP contribution in [0.4, 0.5) is 5.00 Å². The number of carbonyl (C=O) groups is 1. The second kappa shape index (κ2) is 8.54. The Kier molecular flexibility index (Phi) is 6.07. The highest BCUT2D eigenvalue weighted by Gasteiger charge is 2.26. The van der Waals surface area contributed by atoms with E-state index >= 15 is 0 Å². The molecule has 1 N–H and O–H groups in total. The van der Waals surface area contributed by atoms with E-state index in [0.717, 1.165) is 56.5 Å². The molecule has 0 saturated carbocycles. The number of hydrogen-bond acceptors (Lipinski definition) is 4. The maximum absolute atomic E-state index is 12.8. The number of nitrogens with one attached hydrogen (secondary N) is 1. The lowest BCUT2D eigenvalue weighted by atomic mass is 9.88. The molecule has 28 heavy (non-hydrogen) atoms. The van der Waals surface area contributed by atoms with Gasteiger partial charge in [0.25, 0.3) is 5.91 Å². The van der Waals surface area contributed by atoms with E-state index in [2.05, 4.69) is 29.1 Å². The largest absolute Gasteiger partial charge is 0.313 e. The molecule has 1 atom stereocenters. The van der Waals surface area contributed by atoms with E-state index < -0.39 is 0 Å². The Morgan fingerprint density at radius 2 is 1.93 bits per heavy atom. The number of amides is 1. The summed E-state index contributed by atoms with van der Waals surface area (Å²) in [6.07, 6.45) is 3.50. The molecular formula is C22H28ClN3OS. The number of benzene rings is 1. The molecule has 2 aromatic rings. The molecule has 6 heteroatoms. The van der Waals surface area contributed by atoms with Crippen LogP contribution in [0.2, 0.25) is 5.02 Å². The molecule has 1 unspecified atom stereocenters. The van der Waals surface area contributed by atoms with Crippen LogP contribution in [-0.2, 0) is 19.4 Å². The van der Waals surface area contributed by atoms with E-state index in [0.29, 0.717) is 10.6 Å². The molecule has 1 aliphatic carbocycles. The van der Waals surface area contributed by atoms with Crippen LogP contribution < -0.4 is 5.32 Å². The molecule has 4 nitrogen and oxygen atoms in total. The summed E-state index contributed by atoms with van der Waals surface area (Å²) in [4.78, 5) is 19.2. The minimum atomic E-state index is -0.0528. The number of rotatable bonds is 4. The van der Waals surface area contributed by atoms with E-state index in [1.54, 1.807) is 35.6 Å². The van der Waals surface area contributed by atoms with Crippen molar-refractivity contribution in [3.63, 3.8) is 0 Å². The fourth-order valence-electron chi connectivity index (χ4n) is 4.09. The van der Waals surface area contributed by atoms with E-state index in [4.69, 9.17) is 11.6 Å². The van der Waals surface area contributed by atoms with Gasteiger partial charge < -0.3 is 10.2 Å². The second-order valence-corrected chi connectivity index (χ2v) is 9.74. The van der Waals surface area contributed by atoms with E-state index in [9.17, 15) is 4.79 Å². The van der Waals surface area contributed by atoms with Crippen molar-refractivity contribution in [1.82, 2.24) is 9.80 Å². The standard InChI is InChI=1S/C22H28ClN3OS/c1-15-3-8-18-19(14-26-11-9-25(2)10-12-26)22(28-20(18)13-15)24-21(27)16-4-6-17(23)7-5-16/h4-7,15H,3,8-14H2,1-2H3,(H,24,27). The Morgan fingerprint density at radius 1 is 1.21 bits per heavy atom. The summed E-state index contributed by atoms with van der Waals surface area (Å²) in [6.45, 7) is 7.65. The number of likely N-dealkylation sites (N-methyl/N-ethyl adjacent to an activating group) is 1. The van der Waals surface area contributed by atoms with Gasteiger partial charge in [-0.3, -0.25) is 9.69 Å². The summed E-state index contributed by atoms with van der Waals surface area (Å²) >= 11 is 7.75. The molecule has 2 heterocycles. The highest BCUT2D eigenvalue weighted by molar-refractivity contribution is 7.16. The first-order chi connectivity index (χ1) is 13.5. The summed E-state index contributed by atoms with van der Waals surface area (Å²) in [5.41, 5.74) is 3.49. The summed E-state index contributed by atoms with van der Waals surface area (Å²) in [7, 11) is 2.18. The summed E-state index contributed by atoms with van der Waals surface area (Å²) in [6, 6.07) is 7.10. The molecule has 0 bridgehead atoms. The van der Waals surface area contributed by atoms with Crippen molar-refractivity contribution >= 4 is 33.8 Å². The van der Waals surface area contributed by atoms with Gasteiger partial charge in [0.1, 0.15) is 5.00 Å². The van der Waals surface area contributed by atoms with Gasteiger partial charge in [-0.1, -0.05) is 18.5 Å². The van der Waals surface area contributed by atoms with Gasteiger partial charge in [-0.2, -0.15) is 0 Å². The van der Waals surface area contributed by atoms with Crippen molar-refractivity contribution in [2.75, 3.05) is 38.5 Å². The Labute approximate surface area is 176 Å². The zero-order valence-corrected chi connectivity index (χ0v) is 18.2. The number of hydrogen-bond donors (Lipinski definition) is 1. The molecule has 150 valence electrons. The van der Waals surface area contributed by atoms with Crippen LogP contribution in [-0.4, -0.2) is 48.9 Å². The van der Waals surface area contributed by atoms with Gasteiger partial charge in [-0.15, -0.1) is 11.3 Å². The van der Waals surface area contributed by atoms with Crippen LogP contribution in [0.25, 0.3) is 0 Å². The average molecular weight is 418 g/mol. The fourth-order valence-corrected chi connectivity index (χ4v) is 5.63. The van der Waals surface area contributed by atoms with Gasteiger partial charge in [0.05, 0.1) is 0 Å². The van der Waals surface area contributed by atoms with Crippen LogP contribution in [0.15, 0.2) is 24.3 Å². The number of anilines is 1. The first-order valence-corrected chi connectivity index (χ1v) is 11.3. The Hall–Kier alpha value is -1.40. The Bertz CT molecular complexity index is 840. The molecule has 1 aliphatic heterocycles. The summed E-state index contributed by atoms with van der Waals surface area (Å²) < 4.78 is 0. The van der Waals surface area contributed by atoms with E-state index in [-0.39, 0.29) is 5.91 Å². The molecular weight excluding hydrogens is 390 g/mol. The molecule has 0 radical (unpaired) electrons. The first-order valence-electron chi connectivity index (χ1n) is 10.1. The molecule has 2 aliphatic rings. The van der Waals surface area contributed by atoms with Crippen LogP contribution >= 0.6 is 22.9 Å². The molecule has 1 aromatic heterocycles. The van der Waals surface area contributed by atoms with E-state index in [1.165, 1.54) is 22.4 Å². The number of carbonyl (C=O) groups excluding carboxylic acids is 1. The zero-order chi connectivity index (χ0) is 19.7. The van der Waals surface area contributed by atoms with Crippen LogP contribution in [0.3, 0.4) is 0 Å². The van der Waals surface area contributed by atoms with E-state index in [1.807, 2.05) is 0 Å². The smallest absolute Gasteiger partial charge is 0.256 e. The van der Waals surface area contributed by atoms with Crippen molar-refractivity contribution in [3.05, 3.63) is 50.9 Å². The third-order valence-corrected chi connectivity index (χ3v) is 7.40. The van der Waals surface area contributed by atoms with Crippen molar-refractivity contribution in [2.45, 2.75) is 32.7 Å². The lowest BCUT2D eigenvalue weighted by molar-refractivity contribution is 0.102. The lowest BCUT2D eigenvalue weighted by Gasteiger charge is -2.33. The topological polar surface area (TPSA) is 35.6 Å². The maximum atomic E-state index is 12.8. The maximum Gasteiger partial charge on any atom is 0.256 e. The number of fused-ring (bicyclic) bond motifs is 1. The molecule has 1 aromatic carbocycles. The Morgan fingerprint density at radius 3 is 2.64 bits per heavy atom. The number of nitrogens with zero attached hydrogens (tertiary/aromatic N) is 2. The van der Waals surface area contributed by atoms with Crippen LogP contribution in [0, 0.1) is 5.92 Å². The van der Waals surface area contributed by atoms with Crippen molar-refractivity contribution in [2.24, 2.45) is 5.92 Å². The normalized spacial score (nSPS) is 20.8. The quantitative estimate of drug-likeness (QED) is 0.794. The first kappa shape index (κ1) is 19.9. The Balaban J connectivity index is 1.58. The van der Waals surface area contributed by atoms with Crippen LogP contribution in [0.5, 0.6) is 0 Å². The lowest BCUT2D eigenvalue weighted by Crippen LogP contribution is -2.44. The van der Waals surface area contributed by atoms with Gasteiger partial charge in [0.2, 0.25) is 0 Å². The van der Waals surface area contributed by atoms with Crippen LogP contribution in [0.1, 0.15) is 39.7 Å². The molecule has 1 saturated heterocycles. The predicted octanol–water partition coefficient (Wildman–Crippen LogP) is 4.53. The molecule has 4 rings (SSSR count). The predicted molar refractivity (Wildman–Crippen MR) is 118 cm³/mol. The van der Waals surface area contributed by atoms with Gasteiger partial charge in [-0.05, 0) is 62.1 Å². The fraction of sp³-hybridized carbons (Fsp3) is 0.500. The third kappa shape index (κ3) is 4.43. The summed E-state index contributed by atoms with van der Waals surface area (Å²) in [5.74, 6) is 0.672. The van der Waals surface area contributed by atoms with Gasteiger partial charge in [0, 0.05) is 53.8 Å². The summed E-state index contributed by atoms with van der Waals surface area (Å²) in [5, 5.41) is 4.90. The minimum absolute atomic E-state index is 0.0528. The molecule has 1 fully saturated rings. The second-order valence-electron chi connectivity index (χ2n) is 8.20. The SMILES string of the molecule is CC1CCc2c(sc(NC(=O)c3ccc(Cl)cc3)c2CN2CCN(C)CC2)C1.